The Morgan fingerprint density at radius 1 is 0.792 bits per heavy atom. The van der Waals surface area contributed by atoms with E-state index in [2.05, 4.69) is 0 Å². The Hall–Kier alpha value is -3.28. The third kappa shape index (κ3) is 8.47. The zero-order valence-electron chi connectivity index (χ0n) is 30.0. The molecule has 48 heavy (non-hydrogen) atoms. The summed E-state index contributed by atoms with van der Waals surface area (Å²) in [4.78, 5) is 50.5. The second-order valence-electron chi connectivity index (χ2n) is 14.0. The van der Waals surface area contributed by atoms with Crippen molar-refractivity contribution in [1.82, 2.24) is 0 Å². The Bertz CT molecular complexity index is 1490. The zero-order valence-corrected chi connectivity index (χ0v) is 30.0. The second kappa shape index (κ2) is 16.4. The number of hydrogen-bond acceptors (Lipinski definition) is 10. The lowest BCUT2D eigenvalue weighted by Crippen LogP contribution is -2.45. The van der Waals surface area contributed by atoms with Crippen molar-refractivity contribution in [3.05, 3.63) is 69.1 Å². The van der Waals surface area contributed by atoms with Gasteiger partial charge in [-0.1, -0.05) is 65.3 Å². The van der Waals surface area contributed by atoms with Gasteiger partial charge in [0.2, 0.25) is 0 Å². The predicted octanol–water partition coefficient (Wildman–Crippen LogP) is 3.82. The average molecular weight is 671 g/mol. The minimum atomic E-state index is -1.50. The fourth-order valence-electron chi connectivity index (χ4n) is 6.37. The highest BCUT2D eigenvalue weighted by atomic mass is 16.3. The van der Waals surface area contributed by atoms with Gasteiger partial charge in [0.25, 0.3) is 0 Å². The van der Waals surface area contributed by atoms with Gasteiger partial charge in [0.05, 0.1) is 42.0 Å². The standard InChI is InChI=1S/C38H54O10/c1-16(12-13-17(2)26(11)39)21(6)34(44)23(8)36(46)24(9)35(45)22(7)31(41)18(3)14-19(4)32(42)29-28-27(40)15-20(5)33(43)30(28)38(48)25(10)37(29)47/h12-15,18,21-25,31,34-36,38,41-42,44-46,48H,1-11H3/b16-12+,17-13-,19-14-,32-29?/t18?,21-,22+,23+,24-,25?,31-,34-,35+,36+,38?/m0/s1. The topological polar surface area (TPSA) is 190 Å². The molecule has 10 heteroatoms. The number of ketones is 4. The molecule has 0 saturated carbocycles. The van der Waals surface area contributed by atoms with Crippen LogP contribution in [0.25, 0.3) is 0 Å². The van der Waals surface area contributed by atoms with Gasteiger partial charge >= 0.3 is 0 Å². The van der Waals surface area contributed by atoms with E-state index < -0.39 is 83.2 Å². The summed E-state index contributed by atoms with van der Waals surface area (Å²) in [6.45, 7) is 17.7. The first-order valence-corrected chi connectivity index (χ1v) is 16.5. The van der Waals surface area contributed by atoms with E-state index in [1.807, 2.05) is 13.8 Å². The molecule has 0 aromatic rings. The maximum Gasteiger partial charge on any atom is 0.188 e. The lowest BCUT2D eigenvalue weighted by atomic mass is 9.71. The van der Waals surface area contributed by atoms with Crippen LogP contribution in [0.15, 0.2) is 69.1 Å². The van der Waals surface area contributed by atoms with Crippen LogP contribution in [0.2, 0.25) is 0 Å². The lowest BCUT2D eigenvalue weighted by Gasteiger charge is -2.37. The summed E-state index contributed by atoms with van der Waals surface area (Å²) in [5, 5.41) is 66.5. The maximum atomic E-state index is 13.2. The maximum absolute atomic E-state index is 13.2. The molecule has 3 unspecified atom stereocenters. The third-order valence-corrected chi connectivity index (χ3v) is 10.4. The van der Waals surface area contributed by atoms with Gasteiger partial charge in [0.15, 0.2) is 23.1 Å². The number of carbonyl (C=O) groups excluding carboxylic acids is 4. The molecule has 0 heterocycles. The van der Waals surface area contributed by atoms with Crippen molar-refractivity contribution in [2.75, 3.05) is 0 Å². The Balaban J connectivity index is 2.28. The van der Waals surface area contributed by atoms with Gasteiger partial charge in [-0.15, -0.1) is 0 Å². The van der Waals surface area contributed by atoms with Crippen LogP contribution in [0.1, 0.15) is 76.2 Å². The summed E-state index contributed by atoms with van der Waals surface area (Å²) < 4.78 is 0. The van der Waals surface area contributed by atoms with Crippen LogP contribution < -0.4 is 0 Å². The van der Waals surface area contributed by atoms with Crippen molar-refractivity contribution in [3.63, 3.8) is 0 Å². The first kappa shape index (κ1) is 40.9. The number of aliphatic hydroxyl groups excluding tert-OH is 6. The van der Waals surface area contributed by atoms with Crippen molar-refractivity contribution in [2.24, 2.45) is 35.5 Å². The average Bonchev–Trinajstić information content (AvgIpc) is 3.04. The van der Waals surface area contributed by atoms with Crippen LogP contribution in [0.5, 0.6) is 0 Å². The molecule has 10 nitrogen and oxygen atoms in total. The van der Waals surface area contributed by atoms with Crippen LogP contribution in [0, 0.1) is 35.5 Å². The van der Waals surface area contributed by atoms with E-state index in [9.17, 15) is 49.8 Å². The first-order chi connectivity index (χ1) is 22.1. The van der Waals surface area contributed by atoms with E-state index in [1.165, 1.54) is 33.8 Å². The molecule has 2 aliphatic carbocycles. The Kier molecular flexibility index (Phi) is 14.0. The highest BCUT2D eigenvalue weighted by Crippen LogP contribution is 2.39. The van der Waals surface area contributed by atoms with Gasteiger partial charge in [-0.3, -0.25) is 19.2 Å². The van der Waals surface area contributed by atoms with E-state index in [-0.39, 0.29) is 39.6 Å². The van der Waals surface area contributed by atoms with Gasteiger partial charge in [-0.25, -0.2) is 0 Å². The van der Waals surface area contributed by atoms with E-state index >= 15 is 0 Å². The number of hydrogen-bond donors (Lipinski definition) is 6. The van der Waals surface area contributed by atoms with Gasteiger partial charge < -0.3 is 30.6 Å². The Morgan fingerprint density at radius 2 is 1.29 bits per heavy atom. The molecule has 0 aromatic carbocycles. The number of carbonyl (C=O) groups is 4. The fourth-order valence-corrected chi connectivity index (χ4v) is 6.37. The molecule has 0 fully saturated rings. The Labute approximate surface area is 284 Å². The predicted molar refractivity (Wildman–Crippen MR) is 182 cm³/mol. The van der Waals surface area contributed by atoms with Crippen molar-refractivity contribution in [3.8, 4) is 0 Å². The monoisotopic (exact) mass is 670 g/mol. The summed E-state index contributed by atoms with van der Waals surface area (Å²) in [6, 6.07) is 0. The van der Waals surface area contributed by atoms with Gasteiger partial charge in [-0.2, -0.15) is 0 Å². The molecule has 6 N–H and O–H groups in total. The molecule has 0 aromatic heterocycles. The highest BCUT2D eigenvalue weighted by molar-refractivity contribution is 6.30. The summed E-state index contributed by atoms with van der Waals surface area (Å²) in [5.74, 6) is -6.88. The molecule has 0 spiro atoms. The summed E-state index contributed by atoms with van der Waals surface area (Å²) in [6.07, 6.45) is 0.0309. The quantitative estimate of drug-likeness (QED) is 0.0727. The van der Waals surface area contributed by atoms with Gasteiger partial charge in [-0.05, 0) is 51.8 Å². The number of allylic oxidation sites excluding steroid dienone is 8. The van der Waals surface area contributed by atoms with Crippen LogP contribution >= 0.6 is 0 Å². The first-order valence-electron chi connectivity index (χ1n) is 16.5. The summed E-state index contributed by atoms with van der Waals surface area (Å²) >= 11 is 0. The molecule has 0 aliphatic heterocycles. The van der Waals surface area contributed by atoms with E-state index in [1.54, 1.807) is 46.8 Å². The van der Waals surface area contributed by atoms with E-state index in [4.69, 9.17) is 0 Å². The third-order valence-electron chi connectivity index (χ3n) is 10.4. The molecule has 266 valence electrons. The second-order valence-corrected chi connectivity index (χ2v) is 14.0. The summed E-state index contributed by atoms with van der Waals surface area (Å²) in [5.41, 5.74) is 0.738. The number of aliphatic hydroxyl groups is 6. The normalized spacial score (nSPS) is 26.5. The largest absolute Gasteiger partial charge is 0.507 e. The molecule has 0 saturated heterocycles. The van der Waals surface area contributed by atoms with E-state index in [0.29, 0.717) is 5.57 Å². The van der Waals surface area contributed by atoms with Gasteiger partial charge in [0, 0.05) is 46.3 Å². The van der Waals surface area contributed by atoms with E-state index in [0.717, 1.165) is 11.6 Å². The van der Waals surface area contributed by atoms with Crippen LogP contribution in [-0.2, 0) is 19.2 Å². The molecule has 0 bridgehead atoms. The van der Waals surface area contributed by atoms with Crippen LogP contribution in [-0.4, -0.2) is 84.3 Å². The molecule has 11 atom stereocenters. The van der Waals surface area contributed by atoms with Crippen LogP contribution in [0.3, 0.4) is 0 Å². The summed E-state index contributed by atoms with van der Waals surface area (Å²) in [7, 11) is 0. The van der Waals surface area contributed by atoms with Crippen molar-refractivity contribution < 1.29 is 49.8 Å². The number of Topliss-reactive ketones (excluding diaryl/α,β-unsaturated/α-hetero) is 3. The van der Waals surface area contributed by atoms with Gasteiger partial charge in [0.1, 0.15) is 5.76 Å². The SMILES string of the molecule is CC(=O)/C(C)=C\C=C(/C)[C@H](C)[C@H](O)[C@@H](C)[C@@H](O)[C@@H](C)[C@H](O)[C@H](C)[C@@H](O)C(C)/C=C(/C)C(O)=C1C(=O)C(C)C(O)C2=C1C(=O)C=C(C)C2=O. The molecular formula is C38H54O10. The smallest absolute Gasteiger partial charge is 0.188 e. The lowest BCUT2D eigenvalue weighted by molar-refractivity contribution is -0.124. The molecule has 0 radical (unpaired) electrons. The Morgan fingerprint density at radius 3 is 1.81 bits per heavy atom. The highest BCUT2D eigenvalue weighted by Gasteiger charge is 2.45. The zero-order chi connectivity index (χ0) is 37.1. The van der Waals surface area contributed by atoms with Crippen LogP contribution in [0.4, 0.5) is 0 Å². The molecule has 0 amide bonds. The van der Waals surface area contributed by atoms with Crippen molar-refractivity contribution in [1.29, 1.82) is 0 Å². The molecule has 2 aliphatic rings. The number of rotatable bonds is 13. The van der Waals surface area contributed by atoms with Crippen molar-refractivity contribution in [2.45, 2.75) is 107 Å². The minimum Gasteiger partial charge on any atom is -0.507 e. The van der Waals surface area contributed by atoms with Crippen molar-refractivity contribution >= 4 is 23.1 Å². The minimum absolute atomic E-state index is 0.0590. The molecular weight excluding hydrogens is 616 g/mol. The fraction of sp³-hybridized carbons (Fsp3) is 0.579. The molecule has 2 rings (SSSR count).